The first kappa shape index (κ1) is 40.5. The lowest BCUT2D eigenvalue weighted by atomic mass is 9.67. The SMILES string of the molecule is c1ccc(-c2ccc(N(c3ccc(-c4ccccc4)cc3)c3ccc(C4(c5ccccc5)c5ccccc5-c5ccc(-c6nc(-c7ccccc7)nc(-c7ccccc7)n6)cc54)cc3)cc2)cc1. The molecule has 4 nitrogen and oxygen atoms in total. The Morgan fingerprint density at radius 2 is 0.588 bits per heavy atom. The minimum Gasteiger partial charge on any atom is -0.311 e. The van der Waals surface area contributed by atoms with Crippen molar-refractivity contribution >= 4 is 17.1 Å². The molecule has 0 saturated carbocycles. The number of nitrogens with zero attached hydrogens (tertiary/aromatic N) is 4. The van der Waals surface area contributed by atoms with Gasteiger partial charge in [0.15, 0.2) is 17.5 Å². The van der Waals surface area contributed by atoms with Crippen molar-refractivity contribution in [2.75, 3.05) is 4.90 Å². The van der Waals surface area contributed by atoms with Gasteiger partial charge in [-0.3, -0.25) is 0 Å². The van der Waals surface area contributed by atoms with Crippen LogP contribution < -0.4 is 4.90 Å². The number of benzene rings is 10. The molecule has 0 fully saturated rings. The molecule has 0 N–H and O–H groups in total. The highest BCUT2D eigenvalue weighted by atomic mass is 15.1. The van der Waals surface area contributed by atoms with Gasteiger partial charge >= 0.3 is 0 Å². The number of anilines is 3. The smallest absolute Gasteiger partial charge is 0.164 e. The molecule has 4 heteroatoms. The maximum absolute atomic E-state index is 5.17. The van der Waals surface area contributed by atoms with Crippen molar-refractivity contribution in [3.63, 3.8) is 0 Å². The van der Waals surface area contributed by atoms with E-state index in [1.807, 2.05) is 36.4 Å². The first-order valence-corrected chi connectivity index (χ1v) is 23.1. The van der Waals surface area contributed by atoms with E-state index in [-0.39, 0.29) is 0 Å². The van der Waals surface area contributed by atoms with Crippen LogP contribution in [-0.2, 0) is 5.41 Å². The van der Waals surface area contributed by atoms with Crippen LogP contribution in [0.3, 0.4) is 0 Å². The molecule has 320 valence electrons. The molecular formula is C64H44N4. The van der Waals surface area contributed by atoms with E-state index in [0.717, 1.165) is 33.8 Å². The summed E-state index contributed by atoms with van der Waals surface area (Å²) in [6.07, 6.45) is 0. The van der Waals surface area contributed by atoms with Gasteiger partial charge in [0.1, 0.15) is 0 Å². The van der Waals surface area contributed by atoms with Gasteiger partial charge in [-0.15, -0.1) is 0 Å². The molecule has 1 heterocycles. The highest BCUT2D eigenvalue weighted by Crippen LogP contribution is 2.57. The van der Waals surface area contributed by atoms with Crippen molar-refractivity contribution in [2.45, 2.75) is 5.41 Å². The largest absolute Gasteiger partial charge is 0.311 e. The van der Waals surface area contributed by atoms with Crippen LogP contribution in [0.1, 0.15) is 22.3 Å². The predicted octanol–water partition coefficient (Wildman–Crippen LogP) is 16.0. The molecule has 0 aliphatic heterocycles. The second kappa shape index (κ2) is 17.4. The molecule has 1 aliphatic carbocycles. The zero-order valence-electron chi connectivity index (χ0n) is 37.2. The number of rotatable bonds is 10. The second-order valence-electron chi connectivity index (χ2n) is 17.2. The van der Waals surface area contributed by atoms with Crippen LogP contribution in [-0.4, -0.2) is 15.0 Å². The van der Waals surface area contributed by atoms with Crippen LogP contribution in [0.2, 0.25) is 0 Å². The molecular weight excluding hydrogens is 825 g/mol. The van der Waals surface area contributed by atoms with E-state index in [4.69, 9.17) is 15.0 Å². The molecule has 0 amide bonds. The molecule has 1 aromatic heterocycles. The molecule has 0 saturated heterocycles. The Kier molecular flexibility index (Phi) is 10.4. The molecule has 0 radical (unpaired) electrons. The molecule has 1 atom stereocenters. The van der Waals surface area contributed by atoms with Crippen LogP contribution in [0.25, 0.3) is 67.5 Å². The summed E-state index contributed by atoms with van der Waals surface area (Å²) in [5, 5.41) is 0. The van der Waals surface area contributed by atoms with Crippen molar-refractivity contribution < 1.29 is 0 Å². The summed E-state index contributed by atoms with van der Waals surface area (Å²) in [7, 11) is 0. The van der Waals surface area contributed by atoms with E-state index in [1.54, 1.807) is 0 Å². The molecule has 1 aliphatic rings. The fourth-order valence-electron chi connectivity index (χ4n) is 10.0. The Labute approximate surface area is 397 Å². The molecule has 11 aromatic rings. The molecule has 68 heavy (non-hydrogen) atoms. The van der Waals surface area contributed by atoms with Gasteiger partial charge in [0.05, 0.1) is 5.41 Å². The quantitative estimate of drug-likeness (QED) is 0.137. The van der Waals surface area contributed by atoms with Crippen LogP contribution in [0.4, 0.5) is 17.1 Å². The third-order valence-corrected chi connectivity index (χ3v) is 13.2. The van der Waals surface area contributed by atoms with Crippen LogP contribution in [0.15, 0.2) is 267 Å². The Morgan fingerprint density at radius 3 is 1.07 bits per heavy atom. The number of hydrogen-bond donors (Lipinski definition) is 0. The summed E-state index contributed by atoms with van der Waals surface area (Å²) in [5.74, 6) is 1.90. The van der Waals surface area contributed by atoms with E-state index >= 15 is 0 Å². The van der Waals surface area contributed by atoms with Crippen molar-refractivity contribution in [2.24, 2.45) is 0 Å². The summed E-state index contributed by atoms with van der Waals surface area (Å²) < 4.78 is 0. The monoisotopic (exact) mass is 868 g/mol. The lowest BCUT2D eigenvalue weighted by Crippen LogP contribution is -2.28. The standard InChI is InChI=1S/C64H44N4/c1-6-18-45(19-7-1)47-30-37-54(38-31-47)68(55-39-32-48(33-40-55)46-20-8-2-9-21-46)56-41-35-53(36-42-56)64(52-26-14-5-15-27-52)59-29-17-16-28-57(59)58-43-34-51(44-60(58)64)63-66-61(49-22-10-3-11-23-49)65-62(67-63)50-24-12-4-13-25-50/h1-44H. The van der Waals surface area contributed by atoms with Gasteiger partial charge in [-0.2, -0.15) is 0 Å². The summed E-state index contributed by atoms with van der Waals surface area (Å²) >= 11 is 0. The van der Waals surface area contributed by atoms with Crippen LogP contribution in [0.5, 0.6) is 0 Å². The van der Waals surface area contributed by atoms with E-state index < -0.39 is 5.41 Å². The van der Waals surface area contributed by atoms with E-state index in [1.165, 1.54) is 55.6 Å². The molecule has 0 spiro atoms. The summed E-state index contributed by atoms with van der Waals surface area (Å²) in [5.41, 5.74) is 17.3. The summed E-state index contributed by atoms with van der Waals surface area (Å²) in [6, 6.07) is 95.0. The third-order valence-electron chi connectivity index (χ3n) is 13.2. The van der Waals surface area contributed by atoms with Crippen LogP contribution in [0, 0.1) is 0 Å². The highest BCUT2D eigenvalue weighted by Gasteiger charge is 2.46. The Bertz CT molecular complexity index is 3370. The maximum Gasteiger partial charge on any atom is 0.164 e. The minimum atomic E-state index is -0.654. The maximum atomic E-state index is 5.17. The van der Waals surface area contributed by atoms with E-state index in [0.29, 0.717) is 17.5 Å². The molecule has 1 unspecified atom stereocenters. The summed E-state index contributed by atoms with van der Waals surface area (Å²) in [4.78, 5) is 17.7. The van der Waals surface area contributed by atoms with Crippen molar-refractivity contribution in [3.05, 3.63) is 289 Å². The Balaban J connectivity index is 1.02. The van der Waals surface area contributed by atoms with E-state index in [2.05, 4.69) is 235 Å². The second-order valence-corrected chi connectivity index (χ2v) is 17.2. The fourth-order valence-corrected chi connectivity index (χ4v) is 10.0. The van der Waals surface area contributed by atoms with Crippen molar-refractivity contribution in [1.29, 1.82) is 0 Å². The fraction of sp³-hybridized carbons (Fsp3) is 0.0156. The number of hydrogen-bond acceptors (Lipinski definition) is 4. The third kappa shape index (κ3) is 7.25. The zero-order valence-corrected chi connectivity index (χ0v) is 37.2. The van der Waals surface area contributed by atoms with Crippen molar-refractivity contribution in [1.82, 2.24) is 15.0 Å². The average molecular weight is 869 g/mol. The molecule has 0 bridgehead atoms. The van der Waals surface area contributed by atoms with Gasteiger partial charge in [0.2, 0.25) is 0 Å². The van der Waals surface area contributed by atoms with Gasteiger partial charge in [-0.1, -0.05) is 224 Å². The lowest BCUT2D eigenvalue weighted by molar-refractivity contribution is 0.768. The van der Waals surface area contributed by atoms with Gasteiger partial charge in [0.25, 0.3) is 0 Å². The van der Waals surface area contributed by atoms with Gasteiger partial charge in [-0.05, 0) is 98.1 Å². The average Bonchev–Trinajstić information content (AvgIpc) is 3.73. The Morgan fingerprint density at radius 1 is 0.250 bits per heavy atom. The Hall–Kier alpha value is -8.99. The topological polar surface area (TPSA) is 41.9 Å². The molecule has 10 aromatic carbocycles. The summed E-state index contributed by atoms with van der Waals surface area (Å²) in [6.45, 7) is 0. The number of aromatic nitrogens is 3. The predicted molar refractivity (Wildman–Crippen MR) is 279 cm³/mol. The highest BCUT2D eigenvalue weighted by molar-refractivity contribution is 5.89. The first-order chi connectivity index (χ1) is 33.7. The van der Waals surface area contributed by atoms with E-state index in [9.17, 15) is 0 Å². The van der Waals surface area contributed by atoms with Gasteiger partial charge in [0, 0.05) is 33.8 Å². The number of fused-ring (bicyclic) bond motifs is 3. The lowest BCUT2D eigenvalue weighted by Gasteiger charge is -2.34. The zero-order chi connectivity index (χ0) is 45.3. The van der Waals surface area contributed by atoms with Crippen LogP contribution >= 0.6 is 0 Å². The minimum absolute atomic E-state index is 0.626. The van der Waals surface area contributed by atoms with Gasteiger partial charge < -0.3 is 4.90 Å². The first-order valence-electron chi connectivity index (χ1n) is 23.1. The molecule has 12 rings (SSSR count). The van der Waals surface area contributed by atoms with Gasteiger partial charge in [-0.25, -0.2) is 15.0 Å². The van der Waals surface area contributed by atoms with Crippen molar-refractivity contribution in [3.8, 4) is 67.5 Å². The normalized spacial score (nSPS) is 13.6.